The van der Waals surface area contributed by atoms with Gasteiger partial charge in [-0.05, 0) is 30.7 Å². The topological polar surface area (TPSA) is 96.1 Å². The van der Waals surface area contributed by atoms with Crippen LogP contribution in [0.25, 0.3) is 11.4 Å². The predicted octanol–water partition coefficient (Wildman–Crippen LogP) is 1.17. The van der Waals surface area contributed by atoms with Crippen molar-refractivity contribution >= 4 is 17.6 Å². The van der Waals surface area contributed by atoms with Gasteiger partial charge in [-0.15, -0.1) is 0 Å². The lowest BCUT2D eigenvalue weighted by Crippen LogP contribution is -2.40. The average Bonchev–Trinajstić information content (AvgIpc) is 2.61. The van der Waals surface area contributed by atoms with Crippen LogP contribution >= 0.6 is 11.6 Å². The summed E-state index contributed by atoms with van der Waals surface area (Å²) < 4.78 is 7.23. The first-order chi connectivity index (χ1) is 12.5. The van der Waals surface area contributed by atoms with Gasteiger partial charge >= 0.3 is 11.7 Å². The van der Waals surface area contributed by atoms with Gasteiger partial charge in [0.25, 0.3) is 5.56 Å². The molecule has 8 nitrogen and oxygen atoms in total. The Morgan fingerprint density at radius 1 is 1.27 bits per heavy atom. The molecule has 2 aliphatic rings. The maximum absolute atomic E-state index is 12.6. The number of halogens is 1. The smallest absolute Gasteiger partial charge is 0.353 e. The lowest BCUT2D eigenvalue weighted by molar-refractivity contribution is -0.143. The number of nitrogens with zero attached hydrogens (tertiary/aromatic N) is 4. The molecule has 9 heteroatoms. The first-order valence-electron chi connectivity index (χ1n) is 7.85. The monoisotopic (exact) mass is 374 g/mol. The van der Waals surface area contributed by atoms with Crippen molar-refractivity contribution < 1.29 is 9.53 Å². The summed E-state index contributed by atoms with van der Waals surface area (Å²) in [6.45, 7) is 1.70. The van der Waals surface area contributed by atoms with E-state index in [9.17, 15) is 14.4 Å². The summed E-state index contributed by atoms with van der Waals surface area (Å²) in [7, 11) is 0. The number of aromatic nitrogens is 4. The predicted molar refractivity (Wildman–Crippen MR) is 94.4 cm³/mol. The van der Waals surface area contributed by atoms with Gasteiger partial charge < -0.3 is 9.30 Å². The Kier molecular flexibility index (Phi) is 5.13. The molecule has 0 aliphatic carbocycles. The molecule has 0 spiro atoms. The summed E-state index contributed by atoms with van der Waals surface area (Å²) >= 11 is 5.78. The minimum Gasteiger partial charge on any atom is -0.465 e. The zero-order chi connectivity index (χ0) is 18.7. The van der Waals surface area contributed by atoms with E-state index >= 15 is 0 Å². The third kappa shape index (κ3) is 3.65. The summed E-state index contributed by atoms with van der Waals surface area (Å²) in [5, 5.41) is 0.374. The van der Waals surface area contributed by atoms with Crippen molar-refractivity contribution in [2.75, 3.05) is 6.61 Å². The number of hydrogen-bond donors (Lipinski definition) is 0. The van der Waals surface area contributed by atoms with E-state index in [1.54, 1.807) is 48.1 Å². The second-order valence-electron chi connectivity index (χ2n) is 5.45. The quantitative estimate of drug-likeness (QED) is 0.491. The zero-order valence-corrected chi connectivity index (χ0v) is 14.6. The fraction of sp³-hybridized carbons (Fsp3) is 0.235. The van der Waals surface area contributed by atoms with Crippen LogP contribution in [0.15, 0.2) is 46.2 Å². The van der Waals surface area contributed by atoms with Gasteiger partial charge in [-0.2, -0.15) is 4.98 Å². The average molecular weight is 375 g/mol. The second kappa shape index (κ2) is 7.49. The van der Waals surface area contributed by atoms with Crippen molar-refractivity contribution in [1.29, 1.82) is 0 Å². The number of rotatable bonds is 5. The molecule has 0 aromatic carbocycles. The highest BCUT2D eigenvalue weighted by molar-refractivity contribution is 6.29. The molecular weight excluding hydrogens is 360 g/mol. The van der Waals surface area contributed by atoms with Crippen LogP contribution in [0.5, 0.6) is 0 Å². The molecule has 0 amide bonds. The summed E-state index contributed by atoms with van der Waals surface area (Å²) in [5.74, 6) is -0.429. The minimum atomic E-state index is -0.801. The molecule has 0 atom stereocenters. The van der Waals surface area contributed by atoms with E-state index in [4.69, 9.17) is 16.3 Å². The number of ether oxygens (including phenoxy) is 1. The highest BCUT2D eigenvalue weighted by atomic mass is 35.5. The van der Waals surface area contributed by atoms with Crippen molar-refractivity contribution in [3.05, 3.63) is 68.2 Å². The zero-order valence-electron chi connectivity index (χ0n) is 13.9. The minimum absolute atomic E-state index is 0.165. The van der Waals surface area contributed by atoms with Gasteiger partial charge in [0.15, 0.2) is 5.82 Å². The molecule has 3 rings (SSSR count). The van der Waals surface area contributed by atoms with E-state index < -0.39 is 23.8 Å². The van der Waals surface area contributed by atoms with E-state index in [2.05, 4.69) is 9.97 Å². The number of fused-ring (bicyclic) bond motifs is 1. The van der Waals surface area contributed by atoms with Crippen molar-refractivity contribution in [3.63, 3.8) is 0 Å². The highest BCUT2D eigenvalue weighted by Crippen LogP contribution is 2.15. The van der Waals surface area contributed by atoms with Gasteiger partial charge in [0.1, 0.15) is 11.7 Å². The number of carbonyl (C=O) groups is 1. The van der Waals surface area contributed by atoms with Gasteiger partial charge in [-0.3, -0.25) is 9.59 Å². The molecule has 1 aromatic heterocycles. The van der Waals surface area contributed by atoms with Crippen molar-refractivity contribution in [2.45, 2.75) is 20.0 Å². The van der Waals surface area contributed by atoms with Gasteiger partial charge in [-0.25, -0.2) is 14.3 Å². The summed E-state index contributed by atoms with van der Waals surface area (Å²) in [4.78, 5) is 44.5. The molecule has 0 bridgehead atoms. The van der Waals surface area contributed by atoms with Gasteiger partial charge in [0.05, 0.1) is 18.7 Å². The van der Waals surface area contributed by atoms with Crippen LogP contribution in [-0.2, 0) is 22.6 Å². The molecule has 0 N–H and O–H groups in total. The van der Waals surface area contributed by atoms with Crippen LogP contribution in [0.4, 0.5) is 0 Å². The van der Waals surface area contributed by atoms with E-state index in [1.165, 1.54) is 0 Å². The molecule has 1 aromatic rings. The lowest BCUT2D eigenvalue weighted by Gasteiger charge is -2.15. The molecule has 26 heavy (non-hydrogen) atoms. The fourth-order valence-electron chi connectivity index (χ4n) is 2.52. The van der Waals surface area contributed by atoms with Crippen LogP contribution < -0.4 is 11.2 Å². The Bertz CT molecular complexity index is 1030. The van der Waals surface area contributed by atoms with E-state index in [-0.39, 0.29) is 18.0 Å². The first kappa shape index (κ1) is 17.8. The number of pyridine rings is 2. The second-order valence-corrected chi connectivity index (χ2v) is 5.84. The van der Waals surface area contributed by atoms with Crippen LogP contribution in [0.3, 0.4) is 0 Å². The van der Waals surface area contributed by atoms with Crippen LogP contribution in [-0.4, -0.2) is 31.7 Å². The molecule has 0 fully saturated rings. The third-order valence-corrected chi connectivity index (χ3v) is 3.91. The Labute approximate surface area is 153 Å². The molecule has 0 saturated heterocycles. The van der Waals surface area contributed by atoms with Crippen LogP contribution in [0.1, 0.15) is 12.5 Å². The van der Waals surface area contributed by atoms with Crippen molar-refractivity contribution in [2.24, 2.45) is 0 Å². The molecule has 0 radical (unpaired) electrons. The first-order valence-corrected chi connectivity index (χ1v) is 8.23. The lowest BCUT2D eigenvalue weighted by atomic mass is 10.2. The van der Waals surface area contributed by atoms with Crippen LogP contribution in [0.2, 0.25) is 5.15 Å². The molecule has 0 saturated carbocycles. The van der Waals surface area contributed by atoms with Crippen molar-refractivity contribution in [3.8, 4) is 11.4 Å². The Hall–Kier alpha value is -3.00. The standard InChI is InChI=1S/C17H15ClN4O4/c1-2-26-14(23)10-22-16(24)12-4-3-7-21(15(12)20-17(22)25)9-11-5-6-13(18)19-8-11/h3-8H,2,9-10H2,1H3. The third-order valence-electron chi connectivity index (χ3n) is 3.68. The summed E-state index contributed by atoms with van der Waals surface area (Å²) in [6, 6.07) is 6.68. The normalized spacial score (nSPS) is 10.8. The fourth-order valence-corrected chi connectivity index (χ4v) is 2.63. The van der Waals surface area contributed by atoms with Gasteiger partial charge in [0, 0.05) is 12.4 Å². The highest BCUT2D eigenvalue weighted by Gasteiger charge is 2.19. The van der Waals surface area contributed by atoms with E-state index in [1.807, 2.05) is 0 Å². The number of hydrogen-bond acceptors (Lipinski definition) is 6. The maximum Gasteiger partial charge on any atom is 0.353 e. The van der Waals surface area contributed by atoms with E-state index in [0.29, 0.717) is 11.7 Å². The largest absolute Gasteiger partial charge is 0.465 e. The van der Waals surface area contributed by atoms with Gasteiger partial charge in [0.2, 0.25) is 0 Å². The van der Waals surface area contributed by atoms with Crippen molar-refractivity contribution in [1.82, 2.24) is 19.1 Å². The SMILES string of the molecule is CCOC(=O)Cn1c(=O)nc2n(Cc3ccc(Cl)nc3)cccc-2c1=O. The molecule has 3 heterocycles. The van der Waals surface area contributed by atoms with E-state index in [0.717, 1.165) is 10.1 Å². The molecule has 2 aliphatic heterocycles. The Morgan fingerprint density at radius 3 is 2.77 bits per heavy atom. The van der Waals surface area contributed by atoms with Crippen LogP contribution in [0, 0.1) is 0 Å². The summed E-state index contributed by atoms with van der Waals surface area (Å²) in [5.41, 5.74) is -0.323. The Morgan fingerprint density at radius 2 is 2.08 bits per heavy atom. The molecule has 134 valence electrons. The number of carbonyl (C=O) groups excluding carboxylic acids is 1. The molecular formula is C17H15ClN4O4. The van der Waals surface area contributed by atoms with Gasteiger partial charge in [-0.1, -0.05) is 17.7 Å². The maximum atomic E-state index is 12.6. The summed E-state index contributed by atoms with van der Waals surface area (Å²) in [6.07, 6.45) is 3.31. The molecule has 0 unspecified atom stereocenters. The Balaban J connectivity index is 2.03. The number of esters is 1.